The number of alkyl halides is 2. The van der Waals surface area contributed by atoms with E-state index in [0.717, 1.165) is 68.8 Å². The molecule has 4 aromatic carbocycles. The molecular weight excluding hydrogens is 946 g/mol. The molecule has 70 heavy (non-hydrogen) atoms. The van der Waals surface area contributed by atoms with Crippen LogP contribution in [0.25, 0.3) is 0 Å². The molecule has 5 aromatic rings. The van der Waals surface area contributed by atoms with Crippen LogP contribution in [0.4, 0.5) is 13.6 Å². The second-order valence-corrected chi connectivity index (χ2v) is 19.5. The summed E-state index contributed by atoms with van der Waals surface area (Å²) in [6, 6.07) is 27.6. The molecule has 4 atom stereocenters. The zero-order valence-corrected chi connectivity index (χ0v) is 39.8. The van der Waals surface area contributed by atoms with Gasteiger partial charge in [0.05, 0.1) is 12.6 Å². The molecule has 1 aliphatic carbocycles. The van der Waals surface area contributed by atoms with Gasteiger partial charge in [0, 0.05) is 30.1 Å². The highest BCUT2D eigenvalue weighted by Gasteiger charge is 2.55. The van der Waals surface area contributed by atoms with Crippen LogP contribution >= 0.6 is 23.2 Å². The maximum atomic E-state index is 15.0. The summed E-state index contributed by atoms with van der Waals surface area (Å²) in [4.78, 5) is 46.3. The first-order valence-corrected chi connectivity index (χ1v) is 24.5. The van der Waals surface area contributed by atoms with E-state index in [4.69, 9.17) is 42.1 Å². The molecule has 2 bridgehead atoms. The predicted molar refractivity (Wildman–Crippen MR) is 256 cm³/mol. The summed E-state index contributed by atoms with van der Waals surface area (Å²) < 4.78 is 50.9. The average molecular weight is 1000 g/mol. The number of piperidine rings is 4. The van der Waals surface area contributed by atoms with Crippen LogP contribution in [-0.2, 0) is 22.6 Å². The summed E-state index contributed by atoms with van der Waals surface area (Å²) in [6.07, 6.45) is 6.25. The van der Waals surface area contributed by atoms with Crippen LogP contribution in [0.1, 0.15) is 95.1 Å². The van der Waals surface area contributed by atoms with E-state index in [1.807, 2.05) is 48.5 Å². The lowest BCUT2D eigenvalue weighted by Crippen LogP contribution is -2.63. The number of hydrogen-bond donors (Lipinski definition) is 2. The van der Waals surface area contributed by atoms with Gasteiger partial charge in [0.25, 0.3) is 5.91 Å². The zero-order chi connectivity index (χ0) is 48.9. The minimum Gasteiger partial charge on any atom is -0.619 e. The molecule has 368 valence electrons. The molecule has 5 heterocycles. The van der Waals surface area contributed by atoms with Gasteiger partial charge in [-0.1, -0.05) is 83.9 Å². The summed E-state index contributed by atoms with van der Waals surface area (Å²) in [6.45, 7) is 0.0143. The highest BCUT2D eigenvalue weighted by molar-refractivity contribution is 6.35. The van der Waals surface area contributed by atoms with Crippen molar-refractivity contribution in [3.63, 3.8) is 0 Å². The Hall–Kier alpha value is -6.16. The molecular formula is C53H54Cl2F2N4O9. The predicted octanol–water partition coefficient (Wildman–Crippen LogP) is 9.98. The number of benzene rings is 4. The van der Waals surface area contributed by atoms with E-state index >= 15 is 0 Å². The number of rotatable bonds is 18. The smallest absolute Gasteiger partial charge is 0.408 e. The van der Waals surface area contributed by atoms with Crippen LogP contribution in [0.15, 0.2) is 109 Å². The maximum Gasteiger partial charge on any atom is 0.408 e. The lowest BCUT2D eigenvalue weighted by atomic mass is 9.70. The summed E-state index contributed by atoms with van der Waals surface area (Å²) >= 11 is 13.3. The molecule has 1 saturated carbocycles. The molecule has 4 saturated heterocycles. The van der Waals surface area contributed by atoms with Gasteiger partial charge >= 0.3 is 18.7 Å². The Labute approximate surface area is 414 Å². The standard InChI is InChI=1S/C53H54Cl2F2N4O9/c54-43-28-60(66)29-44(55)41(43)27-42(37-16-17-45(69-51(56)57)46(26-37)68-31-33-14-15-33)53(50(63)64)20-4-5-21-61(53)49(62)39-12-6-8-34(24-39)32-67-40-13-7-11-38(25-40)48(36-9-2-1-3-10-36)58-52(65)70-47-30-59-22-18-35(47)19-23-59/h1-3,6-13,16-17,24-26,28-29,33,35,42,47-48,51H,4-5,14-15,18-23,27,30-32H2,(H,58,65)(H,63,64)/t42-,47-,48-,53-/m0/s1. The molecule has 17 heteroatoms. The zero-order valence-electron chi connectivity index (χ0n) is 38.3. The van der Waals surface area contributed by atoms with Gasteiger partial charge < -0.3 is 39.5 Å². The first-order chi connectivity index (χ1) is 33.8. The largest absolute Gasteiger partial charge is 0.619 e. The summed E-state index contributed by atoms with van der Waals surface area (Å²) in [5.74, 6) is -2.05. The SMILES string of the molecule is O=C(N[C@@H](c1ccccc1)c1cccc(OCc2cccc(C(=O)N3CCCC[C@@]3(C(=O)O)[C@@H](Cc3c(Cl)c[n+]([O-])cc3Cl)c3ccc(OC(F)F)c(OCC4CC4)c3)c2)c1)O[C@H]1CN2CCC1CC2. The van der Waals surface area contributed by atoms with E-state index in [1.165, 1.54) is 23.1 Å². The summed E-state index contributed by atoms with van der Waals surface area (Å²) in [7, 11) is 0. The van der Waals surface area contributed by atoms with Gasteiger partial charge in [0.15, 0.2) is 23.9 Å². The Kier molecular flexibility index (Phi) is 15.0. The molecule has 0 radical (unpaired) electrons. The number of nitrogens with one attached hydrogen (secondary N) is 1. The normalized spacial score (nSPS) is 21.7. The lowest BCUT2D eigenvalue weighted by Gasteiger charge is -2.49. The van der Waals surface area contributed by atoms with Gasteiger partial charge in [-0.3, -0.25) is 9.69 Å². The third-order valence-electron chi connectivity index (χ3n) is 14.1. The molecule has 5 aliphatic rings. The van der Waals surface area contributed by atoms with Crippen LogP contribution in [0.2, 0.25) is 10.0 Å². The van der Waals surface area contributed by atoms with Crippen molar-refractivity contribution in [3.8, 4) is 17.2 Å². The minimum absolute atomic E-state index is 0.00108. The van der Waals surface area contributed by atoms with Crippen molar-refractivity contribution in [1.29, 1.82) is 0 Å². The number of nitrogens with zero attached hydrogens (tertiary/aromatic N) is 3. The number of aliphatic carboxylic acids is 1. The average Bonchev–Trinajstić information content (AvgIpc) is 4.20. The van der Waals surface area contributed by atoms with Crippen molar-refractivity contribution in [3.05, 3.63) is 158 Å². The number of amides is 2. The number of pyridine rings is 1. The molecule has 1 aromatic heterocycles. The Bertz CT molecular complexity index is 2670. The number of carboxylic acid groups (broad SMARTS) is 1. The fourth-order valence-electron chi connectivity index (χ4n) is 10.3. The lowest BCUT2D eigenvalue weighted by molar-refractivity contribution is -0.605. The Morgan fingerprint density at radius 2 is 1.57 bits per heavy atom. The number of aromatic nitrogens is 1. The quantitative estimate of drug-likeness (QED) is 0.0641. The number of carbonyl (C=O) groups is 3. The van der Waals surface area contributed by atoms with E-state index in [0.29, 0.717) is 40.4 Å². The third kappa shape index (κ3) is 11.1. The summed E-state index contributed by atoms with van der Waals surface area (Å²) in [5.41, 5.74) is 1.16. The highest BCUT2D eigenvalue weighted by atomic mass is 35.5. The molecule has 0 spiro atoms. The van der Waals surface area contributed by atoms with Crippen LogP contribution < -0.4 is 24.3 Å². The number of hydrogen-bond acceptors (Lipinski definition) is 9. The van der Waals surface area contributed by atoms with Gasteiger partial charge in [0.1, 0.15) is 34.0 Å². The van der Waals surface area contributed by atoms with Crippen molar-refractivity contribution < 1.29 is 51.9 Å². The van der Waals surface area contributed by atoms with Gasteiger partial charge in [-0.15, -0.1) is 0 Å². The Balaban J connectivity index is 0.983. The molecule has 2 N–H and O–H groups in total. The number of likely N-dealkylation sites (tertiary alicyclic amines) is 1. The monoisotopic (exact) mass is 998 g/mol. The second kappa shape index (κ2) is 21.5. The van der Waals surface area contributed by atoms with Crippen molar-refractivity contribution in [2.45, 2.75) is 88.2 Å². The van der Waals surface area contributed by atoms with E-state index in [-0.39, 0.29) is 77.3 Å². The topological polar surface area (TPSA) is 154 Å². The van der Waals surface area contributed by atoms with Gasteiger partial charge in [-0.2, -0.15) is 13.5 Å². The number of halogens is 4. The molecule has 13 nitrogen and oxygen atoms in total. The number of alkyl carbamates (subject to hydrolysis) is 1. The van der Waals surface area contributed by atoms with E-state index < -0.39 is 42.1 Å². The van der Waals surface area contributed by atoms with Crippen LogP contribution in [0.3, 0.4) is 0 Å². The third-order valence-corrected chi connectivity index (χ3v) is 14.8. The maximum absolute atomic E-state index is 15.0. The van der Waals surface area contributed by atoms with Gasteiger partial charge in [-0.05, 0) is 135 Å². The fraction of sp³-hybridized carbons (Fsp3) is 0.396. The summed E-state index contributed by atoms with van der Waals surface area (Å²) in [5, 5.41) is 26.9. The van der Waals surface area contributed by atoms with Gasteiger partial charge in [0.2, 0.25) is 0 Å². The highest BCUT2D eigenvalue weighted by Crippen LogP contribution is 2.47. The second-order valence-electron chi connectivity index (χ2n) is 18.7. The van der Waals surface area contributed by atoms with Crippen LogP contribution in [0, 0.1) is 17.0 Å². The van der Waals surface area contributed by atoms with Crippen molar-refractivity contribution in [2.24, 2.45) is 11.8 Å². The fourth-order valence-corrected chi connectivity index (χ4v) is 10.9. The van der Waals surface area contributed by atoms with Crippen LogP contribution in [0.5, 0.6) is 17.2 Å². The molecule has 4 aliphatic heterocycles. The number of fused-ring (bicyclic) bond motifs is 3. The number of carboxylic acids is 1. The van der Waals surface area contributed by atoms with Crippen molar-refractivity contribution in [1.82, 2.24) is 15.1 Å². The molecule has 5 fully saturated rings. The van der Waals surface area contributed by atoms with Crippen LogP contribution in [-0.4, -0.2) is 83.9 Å². The Morgan fingerprint density at radius 1 is 0.829 bits per heavy atom. The van der Waals surface area contributed by atoms with Crippen molar-refractivity contribution >= 4 is 41.2 Å². The molecule has 2 amide bonds. The molecule has 0 unspecified atom stereocenters. The number of ether oxygens (including phenoxy) is 4. The van der Waals surface area contributed by atoms with E-state index in [2.05, 4.69) is 10.2 Å². The van der Waals surface area contributed by atoms with E-state index in [1.54, 1.807) is 30.3 Å². The number of carbonyl (C=O) groups excluding carboxylic acids is 2. The minimum atomic E-state index is -3.15. The molecule has 10 rings (SSSR count). The first kappa shape index (κ1) is 48.8. The van der Waals surface area contributed by atoms with E-state index in [9.17, 15) is 33.5 Å². The Morgan fingerprint density at radius 3 is 2.27 bits per heavy atom. The first-order valence-electron chi connectivity index (χ1n) is 23.7. The van der Waals surface area contributed by atoms with Crippen molar-refractivity contribution in [2.75, 3.05) is 32.8 Å². The van der Waals surface area contributed by atoms with Gasteiger partial charge in [-0.25, -0.2) is 9.59 Å².